The molecular formula is C19H28N4O4S2. The van der Waals surface area contributed by atoms with Crippen molar-refractivity contribution in [3.05, 3.63) is 21.6 Å². The van der Waals surface area contributed by atoms with Crippen molar-refractivity contribution in [2.24, 2.45) is 0 Å². The molecule has 0 aliphatic carbocycles. The number of unbranched alkanes of at least 4 members (excludes halogenated alkanes) is 1. The van der Waals surface area contributed by atoms with Gasteiger partial charge in [-0.2, -0.15) is 4.31 Å². The van der Waals surface area contributed by atoms with E-state index in [-0.39, 0.29) is 22.7 Å². The van der Waals surface area contributed by atoms with Crippen LogP contribution in [0.15, 0.2) is 16.0 Å². The van der Waals surface area contributed by atoms with Gasteiger partial charge in [-0.05, 0) is 26.2 Å². The van der Waals surface area contributed by atoms with Crippen molar-refractivity contribution in [2.75, 3.05) is 26.7 Å². The number of aryl methyl sites for hydroxylation is 1. The molecule has 0 saturated carbocycles. The monoisotopic (exact) mass is 440 g/mol. The second-order valence-corrected chi connectivity index (χ2v) is 10.6. The molecule has 0 bridgehead atoms. The van der Waals surface area contributed by atoms with Crippen LogP contribution in [0.25, 0.3) is 10.2 Å². The highest BCUT2D eigenvalue weighted by Crippen LogP contribution is 2.33. The van der Waals surface area contributed by atoms with Crippen LogP contribution in [0.1, 0.15) is 43.9 Å². The number of rotatable bonds is 7. The number of hydrogen-bond acceptors (Lipinski definition) is 6. The van der Waals surface area contributed by atoms with E-state index in [1.807, 2.05) is 6.92 Å². The van der Waals surface area contributed by atoms with Crippen molar-refractivity contribution in [1.82, 2.24) is 18.8 Å². The van der Waals surface area contributed by atoms with Crippen molar-refractivity contribution in [3.63, 3.8) is 0 Å². The summed E-state index contributed by atoms with van der Waals surface area (Å²) < 4.78 is 29.2. The summed E-state index contributed by atoms with van der Waals surface area (Å²) in [5.74, 6) is -0.200. The van der Waals surface area contributed by atoms with Gasteiger partial charge in [-0.3, -0.25) is 14.2 Å². The Bertz CT molecular complexity index is 1050. The molecule has 1 amide bonds. The molecule has 0 unspecified atom stereocenters. The van der Waals surface area contributed by atoms with Gasteiger partial charge in [0.05, 0.1) is 11.7 Å². The number of thiophene rings is 1. The van der Waals surface area contributed by atoms with Gasteiger partial charge >= 0.3 is 0 Å². The zero-order valence-electron chi connectivity index (χ0n) is 17.2. The quantitative estimate of drug-likeness (QED) is 0.658. The average Bonchev–Trinajstić information content (AvgIpc) is 3.06. The number of hydrogen-bond donors (Lipinski definition) is 0. The summed E-state index contributed by atoms with van der Waals surface area (Å²) in [6, 6.07) is 0. The van der Waals surface area contributed by atoms with E-state index in [1.165, 1.54) is 26.5 Å². The van der Waals surface area contributed by atoms with Crippen LogP contribution in [0.4, 0.5) is 0 Å². The molecule has 29 heavy (non-hydrogen) atoms. The Morgan fingerprint density at radius 2 is 1.97 bits per heavy atom. The van der Waals surface area contributed by atoms with Gasteiger partial charge < -0.3 is 4.90 Å². The number of likely N-dealkylation sites (N-methyl/N-ethyl adjacent to an activating group) is 1. The minimum atomic E-state index is -3.78. The number of nitrogens with zero attached hydrogens (tertiary/aromatic N) is 4. The van der Waals surface area contributed by atoms with Gasteiger partial charge in [0.1, 0.15) is 16.3 Å². The maximum absolute atomic E-state index is 13.3. The lowest BCUT2D eigenvalue weighted by atomic mass is 10.2. The van der Waals surface area contributed by atoms with Gasteiger partial charge in [-0.15, -0.1) is 11.3 Å². The lowest BCUT2D eigenvalue weighted by Crippen LogP contribution is -2.37. The van der Waals surface area contributed by atoms with E-state index in [2.05, 4.69) is 4.98 Å². The normalized spacial score (nSPS) is 15.7. The Morgan fingerprint density at radius 1 is 1.28 bits per heavy atom. The fourth-order valence-electron chi connectivity index (χ4n) is 3.56. The first-order valence-electron chi connectivity index (χ1n) is 10.00. The first-order valence-corrected chi connectivity index (χ1v) is 12.3. The average molecular weight is 441 g/mol. The molecule has 1 aliphatic rings. The van der Waals surface area contributed by atoms with Gasteiger partial charge in [0, 0.05) is 31.6 Å². The largest absolute Gasteiger partial charge is 0.344 e. The summed E-state index contributed by atoms with van der Waals surface area (Å²) >= 11 is 1.20. The Balaban J connectivity index is 2.01. The fourth-order valence-corrected chi connectivity index (χ4v) is 6.74. The molecule has 2 aromatic heterocycles. The van der Waals surface area contributed by atoms with Crippen molar-refractivity contribution in [3.8, 4) is 0 Å². The predicted molar refractivity (Wildman–Crippen MR) is 114 cm³/mol. The minimum Gasteiger partial charge on any atom is -0.344 e. The Labute approximate surface area is 175 Å². The topological polar surface area (TPSA) is 92.6 Å². The number of fused-ring (bicyclic) bond motifs is 1. The smallest absolute Gasteiger partial charge is 0.263 e. The minimum absolute atomic E-state index is 0.0537. The predicted octanol–water partition coefficient (Wildman–Crippen LogP) is 2.20. The third kappa shape index (κ3) is 4.39. The highest BCUT2D eigenvalue weighted by molar-refractivity contribution is 7.89. The van der Waals surface area contributed by atoms with Crippen LogP contribution < -0.4 is 5.56 Å². The van der Waals surface area contributed by atoms with Gasteiger partial charge in [0.15, 0.2) is 0 Å². The first-order chi connectivity index (χ1) is 13.8. The van der Waals surface area contributed by atoms with Crippen LogP contribution in [-0.2, 0) is 21.4 Å². The number of carbonyl (C=O) groups excluding carboxylic acids is 1. The SMILES string of the molecule is CCCCN(C)C(=O)Cn1cnc2sc(C)c(S(=O)(=O)N3CCCCC3)c2c1=O. The molecule has 1 saturated heterocycles. The molecule has 0 radical (unpaired) electrons. The second kappa shape index (κ2) is 8.93. The molecule has 1 aliphatic heterocycles. The molecular weight excluding hydrogens is 412 g/mol. The summed E-state index contributed by atoms with van der Waals surface area (Å²) in [5.41, 5.74) is -0.479. The van der Waals surface area contributed by atoms with Crippen LogP contribution in [0.5, 0.6) is 0 Å². The Morgan fingerprint density at radius 3 is 2.62 bits per heavy atom. The number of piperidine rings is 1. The molecule has 1 fully saturated rings. The third-order valence-electron chi connectivity index (χ3n) is 5.29. The van der Waals surface area contributed by atoms with Gasteiger partial charge in [0.25, 0.3) is 5.56 Å². The molecule has 3 heterocycles. The third-order valence-corrected chi connectivity index (χ3v) is 8.50. The van der Waals surface area contributed by atoms with E-state index in [9.17, 15) is 18.0 Å². The summed E-state index contributed by atoms with van der Waals surface area (Å²) in [7, 11) is -2.07. The van der Waals surface area contributed by atoms with Crippen LogP contribution in [0.3, 0.4) is 0 Å². The Kier molecular flexibility index (Phi) is 6.75. The van der Waals surface area contributed by atoms with Crippen LogP contribution in [0, 0.1) is 6.92 Å². The highest BCUT2D eigenvalue weighted by Gasteiger charge is 2.32. The molecule has 0 aromatic carbocycles. The molecule has 0 spiro atoms. The van der Waals surface area contributed by atoms with E-state index in [0.717, 1.165) is 32.1 Å². The molecule has 0 atom stereocenters. The molecule has 10 heteroatoms. The number of aromatic nitrogens is 2. The molecule has 2 aromatic rings. The fraction of sp³-hybridized carbons (Fsp3) is 0.632. The Hall–Kier alpha value is -1.78. The highest BCUT2D eigenvalue weighted by atomic mass is 32.2. The molecule has 0 N–H and O–H groups in total. The number of amides is 1. The van der Waals surface area contributed by atoms with E-state index in [1.54, 1.807) is 18.9 Å². The second-order valence-electron chi connectivity index (χ2n) is 7.48. The summed E-state index contributed by atoms with van der Waals surface area (Å²) in [6.07, 6.45) is 5.84. The molecule has 8 nitrogen and oxygen atoms in total. The summed E-state index contributed by atoms with van der Waals surface area (Å²) in [4.78, 5) is 32.5. The van der Waals surface area contributed by atoms with Gasteiger partial charge in [-0.25, -0.2) is 13.4 Å². The first kappa shape index (κ1) is 21.9. The standard InChI is InChI=1S/C19H28N4O4S2/c1-4-5-9-21(3)15(24)12-22-13-20-18-16(19(22)25)17(14(2)28-18)29(26,27)23-10-7-6-8-11-23/h13H,4-12H2,1-3H3. The van der Waals surface area contributed by atoms with Gasteiger partial charge in [-0.1, -0.05) is 19.8 Å². The zero-order chi connectivity index (χ0) is 21.2. The molecule has 3 rings (SSSR count). The maximum Gasteiger partial charge on any atom is 0.263 e. The van der Waals surface area contributed by atoms with Crippen LogP contribution >= 0.6 is 11.3 Å². The van der Waals surface area contributed by atoms with Crippen LogP contribution in [0.2, 0.25) is 0 Å². The summed E-state index contributed by atoms with van der Waals surface area (Å²) in [6.45, 7) is 5.15. The van der Waals surface area contributed by atoms with Crippen molar-refractivity contribution in [1.29, 1.82) is 0 Å². The zero-order valence-corrected chi connectivity index (χ0v) is 18.8. The lowest BCUT2D eigenvalue weighted by Gasteiger charge is -2.26. The van der Waals surface area contributed by atoms with Crippen LogP contribution in [-0.4, -0.2) is 59.8 Å². The van der Waals surface area contributed by atoms with Crippen molar-refractivity contribution in [2.45, 2.75) is 57.4 Å². The number of sulfonamides is 1. The van der Waals surface area contributed by atoms with E-state index in [0.29, 0.717) is 29.3 Å². The summed E-state index contributed by atoms with van der Waals surface area (Å²) in [5, 5.41) is 0.101. The molecule has 160 valence electrons. The van der Waals surface area contributed by atoms with E-state index in [4.69, 9.17) is 0 Å². The van der Waals surface area contributed by atoms with Crippen molar-refractivity contribution < 1.29 is 13.2 Å². The number of carbonyl (C=O) groups is 1. The van der Waals surface area contributed by atoms with Crippen molar-refractivity contribution >= 4 is 37.5 Å². The maximum atomic E-state index is 13.3. The lowest BCUT2D eigenvalue weighted by molar-refractivity contribution is -0.130. The van der Waals surface area contributed by atoms with E-state index >= 15 is 0 Å². The van der Waals surface area contributed by atoms with Gasteiger partial charge in [0.2, 0.25) is 15.9 Å². The van der Waals surface area contributed by atoms with E-state index < -0.39 is 15.6 Å².